The van der Waals surface area contributed by atoms with Crippen LogP contribution in [0.3, 0.4) is 0 Å². The van der Waals surface area contributed by atoms with Crippen LogP contribution in [0.2, 0.25) is 0 Å². The zero-order chi connectivity index (χ0) is 18.8. The summed E-state index contributed by atoms with van der Waals surface area (Å²) in [6.45, 7) is 1.35. The lowest BCUT2D eigenvalue weighted by Gasteiger charge is -2.39. The van der Waals surface area contributed by atoms with Gasteiger partial charge in [-0.25, -0.2) is 0 Å². The third kappa shape index (κ3) is 4.18. The lowest BCUT2D eigenvalue weighted by Crippen LogP contribution is -2.52. The van der Waals surface area contributed by atoms with Crippen molar-refractivity contribution in [2.45, 2.75) is 63.1 Å². The summed E-state index contributed by atoms with van der Waals surface area (Å²) in [6, 6.07) is 11.4. The standard InChI is InChI=1S/C22H31N3O2/c1-24(20-13-18-9-10-19(14-20)23-18)22(27)17-8-5-11-25(15-17)21(26)12-16-6-3-2-4-7-16/h2-4,6-7,17-20,23H,5,8-15H2,1H3. The van der Waals surface area contributed by atoms with Gasteiger partial charge in [0.25, 0.3) is 0 Å². The average molecular weight is 370 g/mol. The molecule has 3 heterocycles. The van der Waals surface area contributed by atoms with Crippen LogP contribution < -0.4 is 5.32 Å². The number of carbonyl (C=O) groups excluding carboxylic acids is 2. The fourth-order valence-electron chi connectivity index (χ4n) is 5.10. The predicted octanol–water partition coefficient (Wildman–Crippen LogP) is 2.21. The van der Waals surface area contributed by atoms with E-state index in [-0.39, 0.29) is 17.7 Å². The Morgan fingerprint density at radius 3 is 2.52 bits per heavy atom. The van der Waals surface area contributed by atoms with Crippen molar-refractivity contribution < 1.29 is 9.59 Å². The van der Waals surface area contributed by atoms with Crippen molar-refractivity contribution in [2.24, 2.45) is 5.92 Å². The number of hydrogen-bond acceptors (Lipinski definition) is 3. The maximum atomic E-state index is 13.1. The Kier molecular flexibility index (Phi) is 5.48. The van der Waals surface area contributed by atoms with E-state index in [1.165, 1.54) is 12.8 Å². The van der Waals surface area contributed by atoms with E-state index in [4.69, 9.17) is 0 Å². The summed E-state index contributed by atoms with van der Waals surface area (Å²) >= 11 is 0. The molecule has 4 rings (SSSR count). The Bertz CT molecular complexity index is 665. The summed E-state index contributed by atoms with van der Waals surface area (Å²) < 4.78 is 0. The topological polar surface area (TPSA) is 52.7 Å². The number of piperidine rings is 2. The number of rotatable bonds is 4. The summed E-state index contributed by atoms with van der Waals surface area (Å²) in [7, 11) is 1.97. The van der Waals surface area contributed by atoms with Gasteiger partial charge in [0.05, 0.1) is 12.3 Å². The molecule has 5 heteroatoms. The Hall–Kier alpha value is -1.88. The van der Waals surface area contributed by atoms with Gasteiger partial charge in [0.2, 0.25) is 11.8 Å². The minimum atomic E-state index is -0.0454. The Balaban J connectivity index is 1.34. The molecule has 0 spiro atoms. The van der Waals surface area contributed by atoms with Crippen molar-refractivity contribution in [1.82, 2.24) is 15.1 Å². The first-order chi connectivity index (χ1) is 13.1. The van der Waals surface area contributed by atoms with E-state index in [0.29, 0.717) is 31.1 Å². The molecule has 3 saturated heterocycles. The second-order valence-corrected chi connectivity index (χ2v) is 8.55. The summed E-state index contributed by atoms with van der Waals surface area (Å²) in [5.41, 5.74) is 1.04. The van der Waals surface area contributed by atoms with E-state index >= 15 is 0 Å². The van der Waals surface area contributed by atoms with E-state index in [1.807, 2.05) is 47.2 Å². The second-order valence-electron chi connectivity index (χ2n) is 8.55. The lowest BCUT2D eigenvalue weighted by atomic mass is 9.93. The molecule has 2 amide bonds. The van der Waals surface area contributed by atoms with Gasteiger partial charge >= 0.3 is 0 Å². The molecule has 0 radical (unpaired) electrons. The quantitative estimate of drug-likeness (QED) is 0.885. The summed E-state index contributed by atoms with van der Waals surface area (Å²) in [6.07, 6.45) is 6.88. The minimum absolute atomic E-state index is 0.0454. The van der Waals surface area contributed by atoms with Crippen LogP contribution in [0.15, 0.2) is 30.3 Å². The van der Waals surface area contributed by atoms with Gasteiger partial charge in [0.15, 0.2) is 0 Å². The van der Waals surface area contributed by atoms with Gasteiger partial charge in [-0.05, 0) is 44.1 Å². The van der Waals surface area contributed by atoms with E-state index in [1.54, 1.807) is 0 Å². The zero-order valence-electron chi connectivity index (χ0n) is 16.3. The maximum Gasteiger partial charge on any atom is 0.227 e. The van der Waals surface area contributed by atoms with Crippen LogP contribution in [-0.2, 0) is 16.0 Å². The minimum Gasteiger partial charge on any atom is -0.342 e. The van der Waals surface area contributed by atoms with E-state index < -0.39 is 0 Å². The number of nitrogens with one attached hydrogen (secondary N) is 1. The largest absolute Gasteiger partial charge is 0.342 e. The number of benzene rings is 1. The fourth-order valence-corrected chi connectivity index (χ4v) is 5.10. The van der Waals surface area contributed by atoms with Crippen molar-refractivity contribution in [1.29, 1.82) is 0 Å². The molecule has 3 fully saturated rings. The highest BCUT2D eigenvalue weighted by Gasteiger charge is 2.38. The maximum absolute atomic E-state index is 13.1. The normalized spacial score (nSPS) is 30.2. The number of likely N-dealkylation sites (tertiary alicyclic amines) is 1. The van der Waals surface area contributed by atoms with E-state index in [9.17, 15) is 9.59 Å². The van der Waals surface area contributed by atoms with Gasteiger partial charge in [-0.3, -0.25) is 9.59 Å². The lowest BCUT2D eigenvalue weighted by molar-refractivity contribution is -0.141. The van der Waals surface area contributed by atoms with Crippen molar-refractivity contribution in [2.75, 3.05) is 20.1 Å². The van der Waals surface area contributed by atoms with Gasteiger partial charge in [0, 0.05) is 38.3 Å². The number of hydrogen-bond donors (Lipinski definition) is 1. The zero-order valence-corrected chi connectivity index (χ0v) is 16.3. The molecule has 3 atom stereocenters. The molecule has 3 unspecified atom stereocenters. The Morgan fingerprint density at radius 1 is 1.11 bits per heavy atom. The third-order valence-corrected chi connectivity index (χ3v) is 6.67. The van der Waals surface area contributed by atoms with Crippen molar-refractivity contribution in [3.05, 3.63) is 35.9 Å². The molecule has 3 aliphatic heterocycles. The summed E-state index contributed by atoms with van der Waals surface area (Å²) in [5, 5.41) is 3.65. The van der Waals surface area contributed by atoms with Crippen LogP contribution in [0.4, 0.5) is 0 Å². The molecule has 1 N–H and O–H groups in total. The van der Waals surface area contributed by atoms with Crippen LogP contribution in [0.5, 0.6) is 0 Å². The first-order valence-corrected chi connectivity index (χ1v) is 10.4. The SMILES string of the molecule is CN(C(=O)C1CCCN(C(=O)Cc2ccccc2)C1)C1CC2CCC(C1)N2. The van der Waals surface area contributed by atoms with Crippen molar-refractivity contribution in [3.8, 4) is 0 Å². The highest BCUT2D eigenvalue weighted by atomic mass is 16.2. The number of carbonyl (C=O) groups is 2. The molecule has 27 heavy (non-hydrogen) atoms. The van der Waals surface area contributed by atoms with Gasteiger partial charge in [-0.2, -0.15) is 0 Å². The Morgan fingerprint density at radius 2 is 1.81 bits per heavy atom. The molecule has 1 aromatic carbocycles. The molecular formula is C22H31N3O2. The first kappa shape index (κ1) is 18.5. The molecule has 0 aliphatic carbocycles. The van der Waals surface area contributed by atoms with Crippen LogP contribution >= 0.6 is 0 Å². The van der Waals surface area contributed by atoms with E-state index in [0.717, 1.165) is 37.8 Å². The number of nitrogens with zero attached hydrogens (tertiary/aromatic N) is 2. The van der Waals surface area contributed by atoms with Crippen LogP contribution in [0.25, 0.3) is 0 Å². The monoisotopic (exact) mass is 369 g/mol. The van der Waals surface area contributed by atoms with Gasteiger partial charge in [-0.1, -0.05) is 30.3 Å². The van der Waals surface area contributed by atoms with Crippen LogP contribution in [0.1, 0.15) is 44.1 Å². The summed E-state index contributed by atoms with van der Waals surface area (Å²) in [4.78, 5) is 29.7. The number of fused-ring (bicyclic) bond motifs is 2. The van der Waals surface area contributed by atoms with Gasteiger partial charge < -0.3 is 15.1 Å². The molecule has 3 aliphatic rings. The van der Waals surface area contributed by atoms with Crippen LogP contribution in [-0.4, -0.2) is 59.9 Å². The molecule has 146 valence electrons. The van der Waals surface area contributed by atoms with Crippen molar-refractivity contribution >= 4 is 11.8 Å². The van der Waals surface area contributed by atoms with Crippen molar-refractivity contribution in [3.63, 3.8) is 0 Å². The van der Waals surface area contributed by atoms with E-state index in [2.05, 4.69) is 5.32 Å². The van der Waals surface area contributed by atoms with Crippen LogP contribution in [0, 0.1) is 5.92 Å². The third-order valence-electron chi connectivity index (χ3n) is 6.67. The Labute approximate surface area is 162 Å². The van der Waals surface area contributed by atoms with Gasteiger partial charge in [-0.15, -0.1) is 0 Å². The molecular weight excluding hydrogens is 338 g/mol. The molecule has 2 bridgehead atoms. The second kappa shape index (κ2) is 8.01. The summed E-state index contributed by atoms with van der Waals surface area (Å²) in [5.74, 6) is 0.329. The highest BCUT2D eigenvalue weighted by Crippen LogP contribution is 2.30. The first-order valence-electron chi connectivity index (χ1n) is 10.4. The molecule has 0 aromatic heterocycles. The highest BCUT2D eigenvalue weighted by molar-refractivity contribution is 5.82. The smallest absolute Gasteiger partial charge is 0.227 e. The fraction of sp³-hybridized carbons (Fsp3) is 0.636. The number of amides is 2. The molecule has 5 nitrogen and oxygen atoms in total. The molecule has 1 aromatic rings. The average Bonchev–Trinajstić information content (AvgIpc) is 3.05. The van der Waals surface area contributed by atoms with Gasteiger partial charge in [0.1, 0.15) is 0 Å². The predicted molar refractivity (Wildman–Crippen MR) is 105 cm³/mol. The molecule has 0 saturated carbocycles.